The molecular formula is C13H23NO5. The van der Waals surface area contributed by atoms with Crippen molar-refractivity contribution >= 4 is 11.9 Å². The van der Waals surface area contributed by atoms with Crippen LogP contribution >= 0.6 is 0 Å². The minimum Gasteiger partial charge on any atom is -0.481 e. The molecule has 1 N–H and O–H groups in total. The van der Waals surface area contributed by atoms with E-state index in [0.717, 1.165) is 19.3 Å². The number of carboxylic acids is 1. The van der Waals surface area contributed by atoms with Crippen LogP contribution in [-0.4, -0.2) is 61.4 Å². The minimum atomic E-state index is -0.811. The first-order valence-corrected chi connectivity index (χ1v) is 6.73. The smallest absolute Gasteiger partial charge is 0.303 e. The summed E-state index contributed by atoms with van der Waals surface area (Å²) in [5.74, 6) is -0.861. The molecule has 6 nitrogen and oxygen atoms in total. The van der Waals surface area contributed by atoms with Crippen molar-refractivity contribution < 1.29 is 24.2 Å². The van der Waals surface area contributed by atoms with Gasteiger partial charge in [0, 0.05) is 26.1 Å². The maximum absolute atomic E-state index is 12.0. The van der Waals surface area contributed by atoms with Crippen molar-refractivity contribution in [2.24, 2.45) is 0 Å². The largest absolute Gasteiger partial charge is 0.481 e. The second kappa shape index (κ2) is 8.87. The molecule has 0 aliphatic carbocycles. The molecule has 1 amide bonds. The van der Waals surface area contributed by atoms with E-state index in [-0.39, 0.29) is 25.0 Å². The van der Waals surface area contributed by atoms with Gasteiger partial charge < -0.3 is 19.5 Å². The monoisotopic (exact) mass is 273 g/mol. The Morgan fingerprint density at radius 2 is 2.11 bits per heavy atom. The highest BCUT2D eigenvalue weighted by molar-refractivity contribution is 5.78. The predicted octanol–water partition coefficient (Wildman–Crippen LogP) is 0.895. The van der Waals surface area contributed by atoms with Crippen LogP contribution in [0.25, 0.3) is 0 Å². The molecule has 1 heterocycles. The number of hydrogen-bond acceptors (Lipinski definition) is 4. The quantitative estimate of drug-likeness (QED) is 0.665. The Morgan fingerprint density at radius 3 is 2.79 bits per heavy atom. The number of amides is 1. The molecule has 0 saturated carbocycles. The molecule has 1 fully saturated rings. The van der Waals surface area contributed by atoms with Gasteiger partial charge >= 0.3 is 5.97 Å². The van der Waals surface area contributed by atoms with Crippen molar-refractivity contribution in [3.8, 4) is 0 Å². The third-order valence-electron chi connectivity index (χ3n) is 3.30. The van der Waals surface area contributed by atoms with Gasteiger partial charge in [0.2, 0.25) is 5.91 Å². The zero-order valence-electron chi connectivity index (χ0n) is 11.5. The summed E-state index contributed by atoms with van der Waals surface area (Å²) >= 11 is 0. The topological polar surface area (TPSA) is 76.1 Å². The van der Waals surface area contributed by atoms with Gasteiger partial charge in [-0.05, 0) is 25.7 Å². The molecule has 0 radical (unpaired) electrons. The molecule has 110 valence electrons. The Hall–Kier alpha value is -1.14. The first-order valence-electron chi connectivity index (χ1n) is 6.73. The summed E-state index contributed by atoms with van der Waals surface area (Å²) in [5.41, 5.74) is 0. The Kier molecular flexibility index (Phi) is 7.43. The standard InChI is InChI=1S/C13H23NO5/c1-18-8-9-19-10-12(15)14-7-3-2-4-11(14)5-6-13(16)17/h11H,2-10H2,1H3,(H,16,17). The van der Waals surface area contributed by atoms with Crippen molar-refractivity contribution in [3.05, 3.63) is 0 Å². The minimum absolute atomic E-state index is 0.0448. The van der Waals surface area contributed by atoms with Gasteiger partial charge in [0.15, 0.2) is 0 Å². The molecule has 1 unspecified atom stereocenters. The predicted molar refractivity (Wildman–Crippen MR) is 68.9 cm³/mol. The molecule has 0 aromatic carbocycles. The lowest BCUT2D eigenvalue weighted by Crippen LogP contribution is -2.45. The highest BCUT2D eigenvalue weighted by Gasteiger charge is 2.26. The van der Waals surface area contributed by atoms with Gasteiger partial charge in [-0.15, -0.1) is 0 Å². The zero-order chi connectivity index (χ0) is 14.1. The molecule has 1 aliphatic heterocycles. The number of carboxylic acid groups (broad SMARTS) is 1. The normalized spacial score (nSPS) is 19.4. The van der Waals surface area contributed by atoms with E-state index < -0.39 is 5.97 Å². The van der Waals surface area contributed by atoms with Crippen LogP contribution in [0.3, 0.4) is 0 Å². The Balaban J connectivity index is 2.37. The van der Waals surface area contributed by atoms with Crippen LogP contribution in [0.2, 0.25) is 0 Å². The van der Waals surface area contributed by atoms with E-state index in [2.05, 4.69) is 0 Å². The molecule has 1 rings (SSSR count). The SMILES string of the molecule is COCCOCC(=O)N1CCCCC1CCC(=O)O. The van der Waals surface area contributed by atoms with Crippen LogP contribution < -0.4 is 0 Å². The van der Waals surface area contributed by atoms with Gasteiger partial charge in [0.25, 0.3) is 0 Å². The summed E-state index contributed by atoms with van der Waals surface area (Å²) in [5, 5.41) is 8.73. The third kappa shape index (κ3) is 6.02. The zero-order valence-corrected chi connectivity index (χ0v) is 11.5. The summed E-state index contributed by atoms with van der Waals surface area (Å²) in [6.45, 7) is 1.62. The number of ether oxygens (including phenoxy) is 2. The van der Waals surface area contributed by atoms with E-state index in [1.54, 1.807) is 12.0 Å². The molecule has 6 heteroatoms. The number of piperidine rings is 1. The average Bonchev–Trinajstić information content (AvgIpc) is 2.41. The maximum Gasteiger partial charge on any atom is 0.303 e. The van der Waals surface area contributed by atoms with Gasteiger partial charge in [-0.25, -0.2) is 0 Å². The van der Waals surface area contributed by atoms with Gasteiger partial charge in [0.05, 0.1) is 13.2 Å². The highest BCUT2D eigenvalue weighted by atomic mass is 16.5. The number of rotatable bonds is 8. The summed E-state index contributed by atoms with van der Waals surface area (Å²) in [7, 11) is 1.58. The second-order valence-corrected chi connectivity index (χ2v) is 4.71. The first kappa shape index (κ1) is 15.9. The van der Waals surface area contributed by atoms with E-state index in [0.29, 0.717) is 26.2 Å². The number of likely N-dealkylation sites (tertiary alicyclic amines) is 1. The molecule has 1 saturated heterocycles. The van der Waals surface area contributed by atoms with Crippen LogP contribution in [0.1, 0.15) is 32.1 Å². The second-order valence-electron chi connectivity index (χ2n) is 4.71. The lowest BCUT2D eigenvalue weighted by atomic mass is 9.98. The van der Waals surface area contributed by atoms with E-state index in [4.69, 9.17) is 14.6 Å². The number of carbonyl (C=O) groups is 2. The van der Waals surface area contributed by atoms with Crippen molar-refractivity contribution in [1.29, 1.82) is 0 Å². The molecular weight excluding hydrogens is 250 g/mol. The highest BCUT2D eigenvalue weighted by Crippen LogP contribution is 2.21. The summed E-state index contributed by atoms with van der Waals surface area (Å²) < 4.78 is 10.1. The van der Waals surface area contributed by atoms with Crippen LogP contribution in [0, 0.1) is 0 Å². The lowest BCUT2D eigenvalue weighted by molar-refractivity contribution is -0.142. The number of carbonyl (C=O) groups excluding carboxylic acids is 1. The van der Waals surface area contributed by atoms with E-state index >= 15 is 0 Å². The molecule has 0 bridgehead atoms. The summed E-state index contributed by atoms with van der Waals surface area (Å²) in [6.07, 6.45) is 3.56. The third-order valence-corrected chi connectivity index (χ3v) is 3.30. The van der Waals surface area contributed by atoms with Crippen LogP contribution in [0.4, 0.5) is 0 Å². The first-order chi connectivity index (χ1) is 9.15. The number of aliphatic carboxylic acids is 1. The van der Waals surface area contributed by atoms with Gasteiger partial charge in [0.1, 0.15) is 6.61 Å². The number of nitrogens with zero attached hydrogens (tertiary/aromatic N) is 1. The van der Waals surface area contributed by atoms with Crippen LogP contribution in [0.5, 0.6) is 0 Å². The van der Waals surface area contributed by atoms with Gasteiger partial charge in [-0.2, -0.15) is 0 Å². The van der Waals surface area contributed by atoms with E-state index in [1.165, 1.54) is 0 Å². The summed E-state index contributed by atoms with van der Waals surface area (Å²) in [6, 6.07) is 0.0448. The number of hydrogen-bond donors (Lipinski definition) is 1. The van der Waals surface area contributed by atoms with Crippen molar-refractivity contribution in [1.82, 2.24) is 4.90 Å². The molecule has 1 aliphatic rings. The lowest BCUT2D eigenvalue weighted by Gasteiger charge is -2.35. The van der Waals surface area contributed by atoms with E-state index in [9.17, 15) is 9.59 Å². The fourth-order valence-corrected chi connectivity index (χ4v) is 2.30. The van der Waals surface area contributed by atoms with Crippen molar-refractivity contribution in [2.75, 3.05) is 33.5 Å². The van der Waals surface area contributed by atoms with Crippen LogP contribution in [-0.2, 0) is 19.1 Å². The van der Waals surface area contributed by atoms with Crippen LogP contribution in [0.15, 0.2) is 0 Å². The average molecular weight is 273 g/mol. The molecule has 0 aromatic heterocycles. The molecule has 19 heavy (non-hydrogen) atoms. The molecule has 0 spiro atoms. The fourth-order valence-electron chi connectivity index (χ4n) is 2.30. The Labute approximate surface area is 113 Å². The van der Waals surface area contributed by atoms with E-state index in [1.807, 2.05) is 0 Å². The fraction of sp³-hybridized carbons (Fsp3) is 0.846. The molecule has 1 atom stereocenters. The maximum atomic E-state index is 12.0. The Bertz CT molecular complexity index is 295. The van der Waals surface area contributed by atoms with Crippen molar-refractivity contribution in [3.63, 3.8) is 0 Å². The Morgan fingerprint density at radius 1 is 1.32 bits per heavy atom. The van der Waals surface area contributed by atoms with Gasteiger partial charge in [-0.1, -0.05) is 0 Å². The number of methoxy groups -OCH3 is 1. The molecule has 0 aromatic rings. The van der Waals surface area contributed by atoms with Crippen molar-refractivity contribution in [2.45, 2.75) is 38.1 Å². The summed E-state index contributed by atoms with van der Waals surface area (Å²) in [4.78, 5) is 24.4. The van der Waals surface area contributed by atoms with Gasteiger partial charge in [-0.3, -0.25) is 9.59 Å².